The fraction of sp³-hybridized carbons (Fsp3) is 0.273. The molecule has 78 valence electrons. The van der Waals surface area contributed by atoms with Crippen molar-refractivity contribution in [2.75, 3.05) is 6.54 Å². The van der Waals surface area contributed by atoms with E-state index in [-0.39, 0.29) is 18.5 Å². The van der Waals surface area contributed by atoms with Gasteiger partial charge in [0.15, 0.2) is 0 Å². The molecule has 0 aliphatic heterocycles. The minimum absolute atomic E-state index is 0.0133. The molecule has 1 rings (SSSR count). The summed E-state index contributed by atoms with van der Waals surface area (Å²) in [6.45, 7) is 1.86. The van der Waals surface area contributed by atoms with Crippen LogP contribution in [0.4, 0.5) is 0 Å². The second-order valence-electron chi connectivity index (χ2n) is 3.23. The molecule has 1 amide bonds. The Labute approximate surface area is 88.7 Å². The lowest BCUT2D eigenvalue weighted by Gasteiger charge is -2.13. The zero-order chi connectivity index (χ0) is 11.3. The molecule has 0 saturated carbocycles. The van der Waals surface area contributed by atoms with Gasteiger partial charge < -0.3 is 11.1 Å². The molecule has 0 fully saturated rings. The van der Waals surface area contributed by atoms with E-state index >= 15 is 0 Å². The molecule has 0 bridgehead atoms. The molecule has 0 saturated heterocycles. The normalized spacial score (nSPS) is 11.5. The summed E-state index contributed by atoms with van der Waals surface area (Å²) < 4.78 is 0. The van der Waals surface area contributed by atoms with E-state index in [1.807, 2.05) is 25.1 Å². The lowest BCUT2D eigenvalue weighted by molar-refractivity contribution is -0.120. The molecule has 0 aliphatic carbocycles. The number of benzene rings is 1. The Morgan fingerprint density at radius 2 is 2.13 bits per heavy atom. The fourth-order valence-corrected chi connectivity index (χ4v) is 1.23. The third-order valence-corrected chi connectivity index (χ3v) is 2.10. The van der Waals surface area contributed by atoms with E-state index in [9.17, 15) is 4.79 Å². The number of rotatable bonds is 3. The van der Waals surface area contributed by atoms with Gasteiger partial charge in [-0.15, -0.1) is 0 Å². The van der Waals surface area contributed by atoms with Gasteiger partial charge in [-0.05, 0) is 24.6 Å². The Balaban J connectivity index is 2.70. The number of carbonyl (C=O) groups excluding carboxylic acids is 1. The molecule has 0 spiro atoms. The molecule has 0 heterocycles. The molecule has 0 aromatic heterocycles. The van der Waals surface area contributed by atoms with Gasteiger partial charge in [-0.3, -0.25) is 4.79 Å². The van der Waals surface area contributed by atoms with E-state index in [0.29, 0.717) is 5.56 Å². The average Bonchev–Trinajstić information content (AvgIpc) is 2.29. The van der Waals surface area contributed by atoms with Gasteiger partial charge >= 0.3 is 0 Å². The molecule has 0 radical (unpaired) electrons. The van der Waals surface area contributed by atoms with Gasteiger partial charge in [0.2, 0.25) is 5.91 Å². The Hall–Kier alpha value is -1.86. The average molecular weight is 203 g/mol. The highest BCUT2D eigenvalue weighted by Gasteiger charge is 2.07. The van der Waals surface area contributed by atoms with Crippen LogP contribution >= 0.6 is 0 Å². The molecule has 1 atom stereocenters. The lowest BCUT2D eigenvalue weighted by Crippen LogP contribution is -2.32. The third-order valence-electron chi connectivity index (χ3n) is 2.10. The molecular formula is C11H13N3O. The van der Waals surface area contributed by atoms with Gasteiger partial charge in [0, 0.05) is 0 Å². The maximum absolute atomic E-state index is 11.0. The SMILES string of the molecule is CC(NC(=O)CN)c1ccc(C#N)cc1. The second kappa shape index (κ2) is 5.13. The highest BCUT2D eigenvalue weighted by Crippen LogP contribution is 2.12. The van der Waals surface area contributed by atoms with Crippen LogP contribution in [0.25, 0.3) is 0 Å². The van der Waals surface area contributed by atoms with Gasteiger partial charge in [0.1, 0.15) is 0 Å². The number of nitrogens with two attached hydrogens (primary N) is 1. The van der Waals surface area contributed by atoms with Gasteiger partial charge in [0.25, 0.3) is 0 Å². The van der Waals surface area contributed by atoms with Crippen LogP contribution in [0.3, 0.4) is 0 Å². The monoisotopic (exact) mass is 203 g/mol. The minimum atomic E-state index is -0.188. The van der Waals surface area contributed by atoms with Crippen molar-refractivity contribution in [1.29, 1.82) is 5.26 Å². The zero-order valence-electron chi connectivity index (χ0n) is 8.53. The van der Waals surface area contributed by atoms with Crippen LogP contribution in [0, 0.1) is 11.3 Å². The summed E-state index contributed by atoms with van der Waals surface area (Å²) in [5.41, 5.74) is 6.75. The van der Waals surface area contributed by atoms with E-state index < -0.39 is 0 Å². The molecule has 1 aromatic carbocycles. The van der Waals surface area contributed by atoms with Crippen molar-refractivity contribution in [3.63, 3.8) is 0 Å². The van der Waals surface area contributed by atoms with Gasteiger partial charge in [-0.2, -0.15) is 5.26 Å². The minimum Gasteiger partial charge on any atom is -0.348 e. The molecular weight excluding hydrogens is 190 g/mol. The van der Waals surface area contributed by atoms with Crippen molar-refractivity contribution < 1.29 is 4.79 Å². The number of nitrogens with one attached hydrogen (secondary N) is 1. The largest absolute Gasteiger partial charge is 0.348 e. The van der Waals surface area contributed by atoms with Crippen molar-refractivity contribution in [3.05, 3.63) is 35.4 Å². The summed E-state index contributed by atoms with van der Waals surface area (Å²) >= 11 is 0. The summed E-state index contributed by atoms with van der Waals surface area (Å²) in [6.07, 6.45) is 0. The van der Waals surface area contributed by atoms with Crippen molar-refractivity contribution >= 4 is 5.91 Å². The maximum atomic E-state index is 11.0. The van der Waals surface area contributed by atoms with E-state index in [0.717, 1.165) is 5.56 Å². The number of carbonyl (C=O) groups is 1. The number of nitrogens with zero attached hydrogens (tertiary/aromatic N) is 1. The van der Waals surface area contributed by atoms with Crippen LogP contribution in [-0.2, 0) is 4.79 Å². The summed E-state index contributed by atoms with van der Waals surface area (Å²) in [6, 6.07) is 9.03. The predicted octanol–water partition coefficient (Wildman–Crippen LogP) is 0.694. The van der Waals surface area contributed by atoms with E-state index in [2.05, 4.69) is 5.32 Å². The van der Waals surface area contributed by atoms with Crippen molar-refractivity contribution in [2.24, 2.45) is 5.73 Å². The Kier molecular flexibility index (Phi) is 3.83. The summed E-state index contributed by atoms with van der Waals surface area (Å²) in [7, 11) is 0. The fourth-order valence-electron chi connectivity index (χ4n) is 1.23. The first-order valence-corrected chi connectivity index (χ1v) is 4.67. The molecule has 1 unspecified atom stereocenters. The van der Waals surface area contributed by atoms with E-state index in [4.69, 9.17) is 11.0 Å². The topological polar surface area (TPSA) is 78.9 Å². The smallest absolute Gasteiger partial charge is 0.234 e. The summed E-state index contributed by atoms with van der Waals surface area (Å²) in [5.74, 6) is -0.188. The summed E-state index contributed by atoms with van der Waals surface area (Å²) in [5, 5.41) is 11.4. The van der Waals surface area contributed by atoms with Crippen LogP contribution in [0.5, 0.6) is 0 Å². The van der Waals surface area contributed by atoms with Crippen molar-refractivity contribution in [1.82, 2.24) is 5.32 Å². The standard InChI is InChI=1S/C11H13N3O/c1-8(14-11(15)7-13)10-4-2-9(6-12)3-5-10/h2-5,8H,7,13H2,1H3,(H,14,15). The number of hydrogen-bond acceptors (Lipinski definition) is 3. The van der Waals surface area contributed by atoms with E-state index in [1.165, 1.54) is 0 Å². The quantitative estimate of drug-likeness (QED) is 0.758. The van der Waals surface area contributed by atoms with E-state index in [1.54, 1.807) is 12.1 Å². The van der Waals surface area contributed by atoms with Crippen molar-refractivity contribution in [2.45, 2.75) is 13.0 Å². The first-order valence-electron chi connectivity index (χ1n) is 4.67. The number of amides is 1. The van der Waals surface area contributed by atoms with Gasteiger partial charge in [0.05, 0.1) is 24.2 Å². The first kappa shape index (κ1) is 11.2. The summed E-state index contributed by atoms with van der Waals surface area (Å²) in [4.78, 5) is 11.0. The predicted molar refractivity (Wildman–Crippen MR) is 56.8 cm³/mol. The third kappa shape index (κ3) is 3.08. The Bertz CT molecular complexity index is 378. The molecule has 1 aromatic rings. The molecule has 15 heavy (non-hydrogen) atoms. The van der Waals surface area contributed by atoms with Gasteiger partial charge in [-0.25, -0.2) is 0 Å². The molecule has 0 aliphatic rings. The zero-order valence-corrected chi connectivity index (χ0v) is 8.53. The highest BCUT2D eigenvalue weighted by molar-refractivity contribution is 5.78. The Morgan fingerprint density at radius 1 is 1.53 bits per heavy atom. The highest BCUT2D eigenvalue weighted by atomic mass is 16.1. The number of hydrogen-bond donors (Lipinski definition) is 2. The second-order valence-corrected chi connectivity index (χ2v) is 3.23. The molecule has 4 heteroatoms. The molecule has 4 nitrogen and oxygen atoms in total. The van der Waals surface area contributed by atoms with Crippen LogP contribution in [0.1, 0.15) is 24.1 Å². The number of nitriles is 1. The van der Waals surface area contributed by atoms with Crippen molar-refractivity contribution in [3.8, 4) is 6.07 Å². The maximum Gasteiger partial charge on any atom is 0.234 e. The van der Waals surface area contributed by atoms with Crippen LogP contribution < -0.4 is 11.1 Å². The first-order chi connectivity index (χ1) is 7.17. The Morgan fingerprint density at radius 3 is 2.60 bits per heavy atom. The molecule has 3 N–H and O–H groups in total. The van der Waals surface area contributed by atoms with Gasteiger partial charge in [-0.1, -0.05) is 12.1 Å². The van der Waals surface area contributed by atoms with Crippen LogP contribution in [-0.4, -0.2) is 12.5 Å². The van der Waals surface area contributed by atoms with Crippen LogP contribution in [0.2, 0.25) is 0 Å². The van der Waals surface area contributed by atoms with Crippen LogP contribution in [0.15, 0.2) is 24.3 Å². The lowest BCUT2D eigenvalue weighted by atomic mass is 10.1.